The first-order valence-corrected chi connectivity index (χ1v) is 6.33. The van der Waals surface area contributed by atoms with Crippen molar-refractivity contribution < 1.29 is 0 Å². The van der Waals surface area contributed by atoms with Crippen LogP contribution >= 0.6 is 0 Å². The number of aryl methyl sites for hydroxylation is 1. The van der Waals surface area contributed by atoms with E-state index in [1.807, 2.05) is 0 Å². The summed E-state index contributed by atoms with van der Waals surface area (Å²) in [6, 6.07) is 10.4. The first-order valence-electron chi connectivity index (χ1n) is 6.33. The Bertz CT molecular complexity index is 384. The van der Waals surface area contributed by atoms with Crippen LogP contribution in [-0.2, 0) is 0 Å². The summed E-state index contributed by atoms with van der Waals surface area (Å²) in [5.74, 6) is 0. The van der Waals surface area contributed by atoms with Gasteiger partial charge in [-0.25, -0.2) is 0 Å². The van der Waals surface area contributed by atoms with E-state index in [2.05, 4.69) is 36.1 Å². The first-order chi connectivity index (χ1) is 7.75. The molecule has 1 aliphatic heterocycles. The van der Waals surface area contributed by atoms with Crippen LogP contribution in [0, 0.1) is 6.92 Å². The first kappa shape index (κ1) is 10.3. The highest BCUT2D eigenvalue weighted by atomic mass is 15.2. The number of likely N-dealkylation sites (tertiary alicyclic amines) is 1. The maximum atomic E-state index is 6.28. The summed E-state index contributed by atoms with van der Waals surface area (Å²) >= 11 is 0. The molecule has 2 heteroatoms. The van der Waals surface area contributed by atoms with Crippen molar-refractivity contribution in [3.05, 3.63) is 35.4 Å². The highest BCUT2D eigenvalue weighted by Crippen LogP contribution is 2.40. The van der Waals surface area contributed by atoms with Gasteiger partial charge in [-0.05, 0) is 31.7 Å². The molecule has 16 heavy (non-hydrogen) atoms. The van der Waals surface area contributed by atoms with Crippen molar-refractivity contribution in [1.82, 2.24) is 4.90 Å². The minimum atomic E-state index is 0.322. The zero-order valence-electron chi connectivity index (χ0n) is 9.89. The predicted octanol–water partition coefficient (Wildman–Crippen LogP) is 2.23. The molecule has 2 N–H and O–H groups in total. The summed E-state index contributed by atoms with van der Waals surface area (Å²) in [4.78, 5) is 2.62. The average Bonchev–Trinajstić information content (AvgIpc) is 3.02. The zero-order valence-corrected chi connectivity index (χ0v) is 9.89. The molecule has 0 bridgehead atoms. The molecule has 3 rings (SSSR count). The van der Waals surface area contributed by atoms with E-state index in [1.54, 1.807) is 0 Å². The number of nitrogens with zero attached hydrogens (tertiary/aromatic N) is 1. The summed E-state index contributed by atoms with van der Waals surface area (Å²) < 4.78 is 0. The standard InChI is InChI=1S/C14H20N2/c1-10-3-2-4-11(9-10)14-13(15)7-8-16(14)12-5-6-12/h2-4,9,12-14H,5-8,15H2,1H3. The molecule has 1 aromatic carbocycles. The second-order valence-electron chi connectivity index (χ2n) is 5.28. The van der Waals surface area contributed by atoms with Crippen molar-refractivity contribution in [3.63, 3.8) is 0 Å². The number of nitrogens with two attached hydrogens (primary N) is 1. The van der Waals surface area contributed by atoms with Crippen LogP contribution in [0.1, 0.15) is 36.4 Å². The van der Waals surface area contributed by atoms with Gasteiger partial charge in [0.15, 0.2) is 0 Å². The molecule has 0 radical (unpaired) electrons. The molecule has 0 aromatic heterocycles. The molecule has 1 heterocycles. The molecule has 0 amide bonds. The van der Waals surface area contributed by atoms with E-state index in [-0.39, 0.29) is 0 Å². The lowest BCUT2D eigenvalue weighted by Crippen LogP contribution is -2.33. The maximum Gasteiger partial charge on any atom is 0.0502 e. The number of benzene rings is 1. The monoisotopic (exact) mass is 216 g/mol. The number of hydrogen-bond donors (Lipinski definition) is 1. The van der Waals surface area contributed by atoms with Crippen molar-refractivity contribution in [1.29, 1.82) is 0 Å². The minimum Gasteiger partial charge on any atom is -0.326 e. The Morgan fingerprint density at radius 3 is 2.75 bits per heavy atom. The molecule has 2 unspecified atom stereocenters. The Hall–Kier alpha value is -0.860. The Kier molecular flexibility index (Phi) is 2.49. The quantitative estimate of drug-likeness (QED) is 0.821. The van der Waals surface area contributed by atoms with Crippen LogP contribution in [0.15, 0.2) is 24.3 Å². The highest BCUT2D eigenvalue weighted by molar-refractivity contribution is 5.27. The predicted molar refractivity (Wildman–Crippen MR) is 66.2 cm³/mol. The van der Waals surface area contributed by atoms with Crippen molar-refractivity contribution in [2.75, 3.05) is 6.54 Å². The van der Waals surface area contributed by atoms with E-state index < -0.39 is 0 Å². The molecule has 2 atom stereocenters. The fourth-order valence-electron chi connectivity index (χ4n) is 2.95. The van der Waals surface area contributed by atoms with Crippen LogP contribution in [0.5, 0.6) is 0 Å². The van der Waals surface area contributed by atoms with E-state index >= 15 is 0 Å². The highest BCUT2D eigenvalue weighted by Gasteiger charge is 2.41. The van der Waals surface area contributed by atoms with E-state index in [1.165, 1.54) is 30.5 Å². The Labute approximate surface area is 97.4 Å². The number of rotatable bonds is 2. The molecule has 0 spiro atoms. The Morgan fingerprint density at radius 1 is 1.25 bits per heavy atom. The molecular formula is C14H20N2. The minimum absolute atomic E-state index is 0.322. The molecule has 2 nitrogen and oxygen atoms in total. The van der Waals surface area contributed by atoms with Crippen molar-refractivity contribution in [2.45, 2.75) is 44.3 Å². The van der Waals surface area contributed by atoms with Crippen LogP contribution in [-0.4, -0.2) is 23.5 Å². The summed E-state index contributed by atoms with van der Waals surface area (Å²) in [5, 5.41) is 0. The summed E-state index contributed by atoms with van der Waals surface area (Å²) in [5.41, 5.74) is 9.03. The molecule has 1 saturated heterocycles. The zero-order chi connectivity index (χ0) is 11.1. The van der Waals surface area contributed by atoms with Gasteiger partial charge in [0.25, 0.3) is 0 Å². The smallest absolute Gasteiger partial charge is 0.0502 e. The molecule has 1 aromatic rings. The van der Waals surface area contributed by atoms with Gasteiger partial charge in [-0.15, -0.1) is 0 Å². The van der Waals surface area contributed by atoms with Gasteiger partial charge in [-0.3, -0.25) is 4.90 Å². The topological polar surface area (TPSA) is 29.3 Å². The molecule has 1 saturated carbocycles. The lowest BCUT2D eigenvalue weighted by atomic mass is 9.99. The van der Waals surface area contributed by atoms with Gasteiger partial charge in [0.2, 0.25) is 0 Å². The maximum absolute atomic E-state index is 6.28. The molecule has 2 fully saturated rings. The lowest BCUT2D eigenvalue weighted by molar-refractivity contribution is 0.237. The molecule has 1 aliphatic carbocycles. The van der Waals surface area contributed by atoms with Crippen LogP contribution in [0.3, 0.4) is 0 Å². The molecule has 2 aliphatic rings. The van der Waals surface area contributed by atoms with E-state index in [0.29, 0.717) is 12.1 Å². The van der Waals surface area contributed by atoms with Crippen LogP contribution < -0.4 is 5.73 Å². The van der Waals surface area contributed by atoms with Gasteiger partial charge in [0, 0.05) is 18.6 Å². The third kappa shape index (κ3) is 1.76. The van der Waals surface area contributed by atoms with Crippen LogP contribution in [0.4, 0.5) is 0 Å². The van der Waals surface area contributed by atoms with Crippen LogP contribution in [0.2, 0.25) is 0 Å². The van der Waals surface area contributed by atoms with Gasteiger partial charge >= 0.3 is 0 Å². The second kappa shape index (κ2) is 3.86. The third-order valence-corrected chi connectivity index (χ3v) is 3.88. The van der Waals surface area contributed by atoms with Gasteiger partial charge in [-0.2, -0.15) is 0 Å². The van der Waals surface area contributed by atoms with Gasteiger partial charge in [0.05, 0.1) is 6.04 Å². The fraction of sp³-hybridized carbons (Fsp3) is 0.571. The SMILES string of the molecule is Cc1cccc(C2C(N)CCN2C2CC2)c1. The Morgan fingerprint density at radius 2 is 2.06 bits per heavy atom. The van der Waals surface area contributed by atoms with Crippen molar-refractivity contribution >= 4 is 0 Å². The molecule has 86 valence electrons. The van der Waals surface area contributed by atoms with E-state index in [4.69, 9.17) is 5.73 Å². The largest absolute Gasteiger partial charge is 0.326 e. The lowest BCUT2D eigenvalue weighted by Gasteiger charge is -2.27. The summed E-state index contributed by atoms with van der Waals surface area (Å²) in [6.45, 7) is 3.34. The normalized spacial score (nSPS) is 30.9. The average molecular weight is 216 g/mol. The van der Waals surface area contributed by atoms with Crippen molar-refractivity contribution in [2.24, 2.45) is 5.73 Å². The van der Waals surface area contributed by atoms with Gasteiger partial charge in [-0.1, -0.05) is 29.8 Å². The fourth-order valence-corrected chi connectivity index (χ4v) is 2.95. The second-order valence-corrected chi connectivity index (χ2v) is 5.28. The van der Waals surface area contributed by atoms with Crippen molar-refractivity contribution in [3.8, 4) is 0 Å². The number of hydrogen-bond acceptors (Lipinski definition) is 2. The van der Waals surface area contributed by atoms with Gasteiger partial charge < -0.3 is 5.73 Å². The van der Waals surface area contributed by atoms with E-state index in [9.17, 15) is 0 Å². The summed E-state index contributed by atoms with van der Waals surface area (Å²) in [7, 11) is 0. The van der Waals surface area contributed by atoms with E-state index in [0.717, 1.165) is 12.5 Å². The van der Waals surface area contributed by atoms with Gasteiger partial charge in [0.1, 0.15) is 0 Å². The third-order valence-electron chi connectivity index (χ3n) is 3.88. The summed E-state index contributed by atoms with van der Waals surface area (Å²) in [6.07, 6.45) is 3.89. The molecular weight excluding hydrogens is 196 g/mol. The van der Waals surface area contributed by atoms with Crippen LogP contribution in [0.25, 0.3) is 0 Å². The Balaban J connectivity index is 1.90.